The van der Waals surface area contributed by atoms with Crippen molar-refractivity contribution < 1.29 is 14.6 Å². The molecule has 0 aromatic heterocycles. The first-order chi connectivity index (χ1) is 7.13. The summed E-state index contributed by atoms with van der Waals surface area (Å²) in [6.45, 7) is 1.80. The summed E-state index contributed by atoms with van der Waals surface area (Å²) in [4.78, 5) is 0. The number of ether oxygens (including phenoxy) is 2. The molecule has 0 bridgehead atoms. The van der Waals surface area contributed by atoms with E-state index in [1.54, 1.807) is 14.0 Å². The normalized spacial score (nSPS) is 29.4. The SMILES string of the molecule is COc1ccccc1O[C@H]1CC[C@]1(C)O. The summed E-state index contributed by atoms with van der Waals surface area (Å²) in [5.41, 5.74) is -0.694. The van der Waals surface area contributed by atoms with Crippen LogP contribution in [0.25, 0.3) is 0 Å². The van der Waals surface area contributed by atoms with E-state index < -0.39 is 5.60 Å². The molecule has 0 amide bonds. The Hall–Kier alpha value is -1.22. The number of para-hydroxylation sites is 2. The molecule has 3 nitrogen and oxygen atoms in total. The third-order valence-electron chi connectivity index (χ3n) is 2.94. The zero-order valence-electron chi connectivity index (χ0n) is 9.06. The van der Waals surface area contributed by atoms with E-state index in [0.29, 0.717) is 11.5 Å². The minimum absolute atomic E-state index is 0.117. The molecule has 3 heteroatoms. The monoisotopic (exact) mass is 208 g/mol. The third kappa shape index (κ3) is 1.92. The largest absolute Gasteiger partial charge is 0.493 e. The van der Waals surface area contributed by atoms with Crippen LogP contribution in [0.5, 0.6) is 11.5 Å². The summed E-state index contributed by atoms with van der Waals surface area (Å²) < 4.78 is 10.9. The number of aliphatic hydroxyl groups is 1. The van der Waals surface area contributed by atoms with Crippen molar-refractivity contribution in [1.29, 1.82) is 0 Å². The van der Waals surface area contributed by atoms with Crippen molar-refractivity contribution in [3.05, 3.63) is 24.3 Å². The van der Waals surface area contributed by atoms with Gasteiger partial charge in [-0.2, -0.15) is 0 Å². The number of hydrogen-bond donors (Lipinski definition) is 1. The number of hydrogen-bond acceptors (Lipinski definition) is 3. The van der Waals surface area contributed by atoms with Crippen LogP contribution in [-0.4, -0.2) is 23.9 Å². The third-order valence-corrected chi connectivity index (χ3v) is 2.94. The molecule has 0 aliphatic heterocycles. The zero-order chi connectivity index (χ0) is 10.9. The van der Waals surface area contributed by atoms with E-state index in [1.807, 2.05) is 24.3 Å². The summed E-state index contributed by atoms with van der Waals surface area (Å²) >= 11 is 0. The average Bonchev–Trinajstić information content (AvgIpc) is 2.25. The van der Waals surface area contributed by atoms with Crippen LogP contribution in [0.15, 0.2) is 24.3 Å². The lowest BCUT2D eigenvalue weighted by Gasteiger charge is -2.42. The summed E-state index contributed by atoms with van der Waals surface area (Å²) in [6.07, 6.45) is 1.58. The fraction of sp³-hybridized carbons (Fsp3) is 0.500. The molecule has 1 saturated carbocycles. The molecule has 2 rings (SSSR count). The van der Waals surface area contributed by atoms with Crippen molar-refractivity contribution >= 4 is 0 Å². The molecule has 0 spiro atoms. The molecule has 1 aromatic rings. The Morgan fingerprint density at radius 2 is 2.00 bits per heavy atom. The van der Waals surface area contributed by atoms with Crippen molar-refractivity contribution in [2.75, 3.05) is 7.11 Å². The zero-order valence-corrected chi connectivity index (χ0v) is 9.06. The minimum atomic E-state index is -0.694. The van der Waals surface area contributed by atoms with E-state index in [2.05, 4.69) is 0 Å². The van der Waals surface area contributed by atoms with Crippen LogP contribution in [0.3, 0.4) is 0 Å². The summed E-state index contributed by atoms with van der Waals surface area (Å²) in [7, 11) is 1.61. The fourth-order valence-electron chi connectivity index (χ4n) is 1.74. The van der Waals surface area contributed by atoms with Crippen LogP contribution >= 0.6 is 0 Å². The minimum Gasteiger partial charge on any atom is -0.493 e. The molecule has 1 aromatic carbocycles. The van der Waals surface area contributed by atoms with Gasteiger partial charge in [0.1, 0.15) is 6.10 Å². The van der Waals surface area contributed by atoms with Gasteiger partial charge in [0.25, 0.3) is 0 Å². The molecule has 1 aliphatic rings. The molecule has 15 heavy (non-hydrogen) atoms. The maximum absolute atomic E-state index is 9.83. The lowest BCUT2D eigenvalue weighted by atomic mass is 9.78. The van der Waals surface area contributed by atoms with E-state index in [-0.39, 0.29) is 6.10 Å². The lowest BCUT2D eigenvalue weighted by molar-refractivity contribution is -0.118. The number of rotatable bonds is 3. The van der Waals surface area contributed by atoms with Gasteiger partial charge in [0.15, 0.2) is 11.5 Å². The first-order valence-corrected chi connectivity index (χ1v) is 5.15. The Bertz CT molecular complexity index is 346. The standard InChI is InChI=1S/C12H16O3/c1-12(13)8-7-11(12)15-10-6-4-3-5-9(10)14-2/h3-6,11,13H,7-8H2,1-2H3/t11-,12-/m0/s1. The van der Waals surface area contributed by atoms with E-state index >= 15 is 0 Å². The van der Waals surface area contributed by atoms with Crippen LogP contribution in [-0.2, 0) is 0 Å². The van der Waals surface area contributed by atoms with Gasteiger partial charge in [-0.05, 0) is 31.9 Å². The molecule has 0 heterocycles. The topological polar surface area (TPSA) is 38.7 Å². The van der Waals surface area contributed by atoms with Gasteiger partial charge >= 0.3 is 0 Å². The maximum Gasteiger partial charge on any atom is 0.161 e. The van der Waals surface area contributed by atoms with Gasteiger partial charge in [0.2, 0.25) is 0 Å². The molecular formula is C12H16O3. The first-order valence-electron chi connectivity index (χ1n) is 5.15. The van der Waals surface area contributed by atoms with Gasteiger partial charge in [0.05, 0.1) is 12.7 Å². The highest BCUT2D eigenvalue weighted by atomic mass is 16.5. The molecule has 0 unspecified atom stereocenters. The van der Waals surface area contributed by atoms with Crippen LogP contribution in [0, 0.1) is 0 Å². The highest BCUT2D eigenvalue weighted by Crippen LogP contribution is 2.37. The first kappa shape index (κ1) is 10.3. The summed E-state index contributed by atoms with van der Waals surface area (Å²) in [5, 5.41) is 9.83. The Morgan fingerprint density at radius 3 is 2.47 bits per heavy atom. The van der Waals surface area contributed by atoms with Gasteiger partial charge in [-0.25, -0.2) is 0 Å². The van der Waals surface area contributed by atoms with Crippen molar-refractivity contribution in [3.8, 4) is 11.5 Å². The Balaban J connectivity index is 2.11. The Morgan fingerprint density at radius 1 is 1.33 bits per heavy atom. The smallest absolute Gasteiger partial charge is 0.161 e. The van der Waals surface area contributed by atoms with E-state index in [0.717, 1.165) is 12.8 Å². The van der Waals surface area contributed by atoms with Crippen molar-refractivity contribution in [3.63, 3.8) is 0 Å². The van der Waals surface area contributed by atoms with Crippen LogP contribution < -0.4 is 9.47 Å². The molecular weight excluding hydrogens is 192 g/mol. The molecule has 82 valence electrons. The second-order valence-electron chi connectivity index (χ2n) is 4.15. The molecule has 0 saturated heterocycles. The second kappa shape index (κ2) is 3.74. The molecule has 1 fully saturated rings. The molecule has 2 atom stereocenters. The van der Waals surface area contributed by atoms with Crippen LogP contribution in [0.2, 0.25) is 0 Å². The van der Waals surface area contributed by atoms with Crippen molar-refractivity contribution in [2.24, 2.45) is 0 Å². The fourth-order valence-corrected chi connectivity index (χ4v) is 1.74. The van der Waals surface area contributed by atoms with Gasteiger partial charge in [-0.15, -0.1) is 0 Å². The van der Waals surface area contributed by atoms with Gasteiger partial charge < -0.3 is 14.6 Å². The van der Waals surface area contributed by atoms with Crippen LogP contribution in [0.4, 0.5) is 0 Å². The highest BCUT2D eigenvalue weighted by molar-refractivity contribution is 5.39. The van der Waals surface area contributed by atoms with Crippen molar-refractivity contribution in [2.45, 2.75) is 31.5 Å². The number of methoxy groups -OCH3 is 1. The van der Waals surface area contributed by atoms with Gasteiger partial charge in [0, 0.05) is 0 Å². The lowest BCUT2D eigenvalue weighted by Crippen LogP contribution is -2.52. The summed E-state index contributed by atoms with van der Waals surface area (Å²) in [5.74, 6) is 1.41. The predicted molar refractivity (Wildman–Crippen MR) is 57.3 cm³/mol. The molecule has 1 N–H and O–H groups in total. The average molecular weight is 208 g/mol. The Kier molecular flexibility index (Phi) is 2.57. The van der Waals surface area contributed by atoms with Crippen LogP contribution in [0.1, 0.15) is 19.8 Å². The maximum atomic E-state index is 9.83. The quantitative estimate of drug-likeness (QED) is 0.825. The van der Waals surface area contributed by atoms with Crippen molar-refractivity contribution in [1.82, 2.24) is 0 Å². The molecule has 1 aliphatic carbocycles. The molecule has 0 radical (unpaired) electrons. The van der Waals surface area contributed by atoms with E-state index in [4.69, 9.17) is 9.47 Å². The summed E-state index contributed by atoms with van der Waals surface area (Å²) in [6, 6.07) is 7.49. The Labute approximate surface area is 89.6 Å². The number of benzene rings is 1. The second-order valence-corrected chi connectivity index (χ2v) is 4.15. The van der Waals surface area contributed by atoms with Gasteiger partial charge in [-0.1, -0.05) is 12.1 Å². The predicted octanol–water partition coefficient (Wildman–Crippen LogP) is 1.99. The van der Waals surface area contributed by atoms with E-state index in [1.165, 1.54) is 0 Å². The van der Waals surface area contributed by atoms with E-state index in [9.17, 15) is 5.11 Å². The highest BCUT2D eigenvalue weighted by Gasteiger charge is 2.43. The van der Waals surface area contributed by atoms with Gasteiger partial charge in [-0.3, -0.25) is 0 Å².